The first-order chi connectivity index (χ1) is 11.5. The molecule has 2 aliphatic rings. The summed E-state index contributed by atoms with van der Waals surface area (Å²) < 4.78 is 12.5. The number of non-ortho nitro benzene ring substituents is 1. The highest BCUT2D eigenvalue weighted by Crippen LogP contribution is 2.31. The Labute approximate surface area is 139 Å². The molecule has 0 radical (unpaired) electrons. The van der Waals surface area contributed by atoms with Gasteiger partial charge < -0.3 is 4.84 Å². The fraction of sp³-hybridized carbons (Fsp3) is 0.429. The van der Waals surface area contributed by atoms with E-state index in [1.165, 1.54) is 6.07 Å². The Balaban J connectivity index is 1.80. The first-order valence-corrected chi connectivity index (χ1v) is 8.74. The Kier molecular flexibility index (Phi) is 4.58. The van der Waals surface area contributed by atoms with Crippen molar-refractivity contribution >= 4 is 22.2 Å². The van der Waals surface area contributed by atoms with E-state index in [0.717, 1.165) is 37.9 Å². The molecule has 10 heteroatoms. The highest BCUT2D eigenvalue weighted by atomic mass is 32.2. The number of piperidine rings is 1. The largest absolute Gasteiger partial charge is 0.409 e. The fourth-order valence-electron chi connectivity index (χ4n) is 2.84. The van der Waals surface area contributed by atoms with Crippen LogP contribution in [0.15, 0.2) is 34.9 Å². The molecule has 1 aromatic rings. The predicted molar refractivity (Wildman–Crippen MR) is 84.5 cm³/mol. The molecule has 128 valence electrons. The van der Waals surface area contributed by atoms with E-state index in [-0.39, 0.29) is 16.7 Å². The van der Waals surface area contributed by atoms with Crippen LogP contribution in [0.4, 0.5) is 11.4 Å². The maximum Gasteiger partial charge on any atom is 0.292 e. The summed E-state index contributed by atoms with van der Waals surface area (Å²) in [7, 11) is -1.72. The summed E-state index contributed by atoms with van der Waals surface area (Å²) in [4.78, 5) is 26.0. The van der Waals surface area contributed by atoms with Crippen LogP contribution in [-0.2, 0) is 15.6 Å². The summed E-state index contributed by atoms with van der Waals surface area (Å²) in [6.07, 6.45) is 5.00. The minimum absolute atomic E-state index is 0.00561. The molecule has 2 heterocycles. The third-order valence-corrected chi connectivity index (χ3v) is 5.36. The number of fused-ring (bicyclic) bond motifs is 1. The number of benzene rings is 1. The zero-order valence-corrected chi connectivity index (χ0v) is 13.4. The van der Waals surface area contributed by atoms with E-state index in [2.05, 4.69) is 0 Å². The lowest BCUT2D eigenvalue weighted by atomic mass is 10.1. The van der Waals surface area contributed by atoms with E-state index in [4.69, 9.17) is 4.84 Å². The van der Waals surface area contributed by atoms with Crippen molar-refractivity contribution in [2.45, 2.75) is 30.2 Å². The van der Waals surface area contributed by atoms with Gasteiger partial charge in [0.1, 0.15) is 10.7 Å². The molecule has 9 nitrogen and oxygen atoms in total. The van der Waals surface area contributed by atoms with E-state index >= 15 is 0 Å². The van der Waals surface area contributed by atoms with Gasteiger partial charge in [-0.3, -0.25) is 24.4 Å². The van der Waals surface area contributed by atoms with E-state index in [0.29, 0.717) is 5.76 Å². The fourth-order valence-corrected chi connectivity index (χ4v) is 3.99. The van der Waals surface area contributed by atoms with Gasteiger partial charge in [0.15, 0.2) is 0 Å². The summed E-state index contributed by atoms with van der Waals surface area (Å²) >= 11 is 0. The summed E-state index contributed by atoms with van der Waals surface area (Å²) in [6, 6.07) is 3.29. The van der Waals surface area contributed by atoms with Crippen LogP contribution in [0.3, 0.4) is 0 Å². The Morgan fingerprint density at radius 3 is 2.71 bits per heavy atom. The highest BCUT2D eigenvalue weighted by molar-refractivity contribution is 7.85. The SMILES string of the molecule is O=[N+]([O-])c1ccc(S(=O)CC2=CC3CCCCN3O2)c([N+](=O)[O-])c1. The molecule has 0 aliphatic carbocycles. The average molecular weight is 353 g/mol. The van der Waals surface area contributed by atoms with Crippen LogP contribution >= 0.6 is 0 Å². The molecule has 1 fully saturated rings. The number of hydroxylamine groups is 2. The molecule has 2 atom stereocenters. The molecule has 0 bridgehead atoms. The van der Waals surface area contributed by atoms with Gasteiger partial charge in [-0.25, -0.2) is 0 Å². The van der Waals surface area contributed by atoms with E-state index in [1.807, 2.05) is 11.1 Å². The molecule has 0 aromatic heterocycles. The highest BCUT2D eigenvalue weighted by Gasteiger charge is 2.31. The topological polar surface area (TPSA) is 116 Å². The Hall–Kier alpha value is -2.33. The van der Waals surface area contributed by atoms with Gasteiger partial charge in [0.2, 0.25) is 0 Å². The minimum atomic E-state index is -1.72. The van der Waals surface area contributed by atoms with Gasteiger partial charge in [0.25, 0.3) is 11.4 Å². The van der Waals surface area contributed by atoms with Crippen molar-refractivity contribution in [3.8, 4) is 0 Å². The maximum atomic E-state index is 12.5. The van der Waals surface area contributed by atoms with Gasteiger partial charge in [-0.1, -0.05) is 6.42 Å². The van der Waals surface area contributed by atoms with E-state index < -0.39 is 32.0 Å². The molecule has 1 saturated heterocycles. The lowest BCUT2D eigenvalue weighted by Gasteiger charge is -2.27. The molecule has 2 aliphatic heterocycles. The standard InChI is InChI=1S/C14H15N3O6S/c18-16(19)11-4-5-14(13(8-11)17(20)21)24(22)9-12-7-10-3-1-2-6-15(10)23-12/h4-5,7-8,10H,1-3,6,9H2. The number of hydrogen-bond acceptors (Lipinski definition) is 7. The zero-order chi connectivity index (χ0) is 17.3. The second kappa shape index (κ2) is 6.65. The number of nitrogens with zero attached hydrogens (tertiary/aromatic N) is 3. The molecule has 1 aromatic carbocycles. The van der Waals surface area contributed by atoms with Crippen molar-refractivity contribution in [3.63, 3.8) is 0 Å². The van der Waals surface area contributed by atoms with Crippen molar-refractivity contribution in [1.29, 1.82) is 0 Å². The van der Waals surface area contributed by atoms with Gasteiger partial charge in [-0.05, 0) is 25.0 Å². The molecule has 0 spiro atoms. The third-order valence-electron chi connectivity index (χ3n) is 3.98. The van der Waals surface area contributed by atoms with Crippen LogP contribution in [-0.4, -0.2) is 37.5 Å². The van der Waals surface area contributed by atoms with Crippen molar-refractivity contribution < 1.29 is 18.9 Å². The predicted octanol–water partition coefficient (Wildman–Crippen LogP) is 2.29. The van der Waals surface area contributed by atoms with Gasteiger partial charge >= 0.3 is 0 Å². The second-order valence-electron chi connectivity index (χ2n) is 5.58. The molecule has 0 amide bonds. The smallest absolute Gasteiger partial charge is 0.292 e. The van der Waals surface area contributed by atoms with Gasteiger partial charge in [0.05, 0.1) is 38.5 Å². The second-order valence-corrected chi connectivity index (χ2v) is 7.00. The molecule has 2 unspecified atom stereocenters. The Morgan fingerprint density at radius 1 is 1.25 bits per heavy atom. The van der Waals surface area contributed by atoms with Crippen LogP contribution in [0.2, 0.25) is 0 Å². The van der Waals surface area contributed by atoms with E-state index in [9.17, 15) is 24.4 Å². The first-order valence-electron chi connectivity index (χ1n) is 7.42. The normalized spacial score (nSPS) is 21.5. The molecular weight excluding hydrogens is 338 g/mol. The van der Waals surface area contributed by atoms with Gasteiger partial charge in [-0.2, -0.15) is 0 Å². The van der Waals surface area contributed by atoms with E-state index in [1.54, 1.807) is 0 Å². The lowest BCUT2D eigenvalue weighted by Crippen LogP contribution is -2.33. The number of hydrogen-bond donors (Lipinski definition) is 0. The number of rotatable bonds is 5. The quantitative estimate of drug-likeness (QED) is 0.589. The Morgan fingerprint density at radius 2 is 2.04 bits per heavy atom. The first kappa shape index (κ1) is 16.5. The van der Waals surface area contributed by atoms with Crippen LogP contribution in [0.5, 0.6) is 0 Å². The minimum Gasteiger partial charge on any atom is -0.409 e. The average Bonchev–Trinajstić information content (AvgIpc) is 2.96. The van der Waals surface area contributed by atoms with Crippen molar-refractivity contribution in [1.82, 2.24) is 5.06 Å². The maximum absolute atomic E-state index is 12.5. The van der Waals surface area contributed by atoms with Gasteiger partial charge in [0, 0.05) is 12.6 Å². The zero-order valence-electron chi connectivity index (χ0n) is 12.6. The monoisotopic (exact) mass is 353 g/mol. The molecule has 24 heavy (non-hydrogen) atoms. The van der Waals surface area contributed by atoms with Crippen molar-refractivity contribution in [2.75, 3.05) is 12.3 Å². The Bertz CT molecular complexity index is 750. The number of nitro groups is 2. The van der Waals surface area contributed by atoms with Crippen LogP contribution in [0, 0.1) is 20.2 Å². The van der Waals surface area contributed by atoms with Gasteiger partial charge in [-0.15, -0.1) is 5.06 Å². The van der Waals surface area contributed by atoms with Crippen molar-refractivity contribution in [3.05, 3.63) is 50.3 Å². The molecule has 0 saturated carbocycles. The van der Waals surface area contributed by atoms with Crippen LogP contribution in [0.1, 0.15) is 19.3 Å². The third kappa shape index (κ3) is 3.29. The summed E-state index contributed by atoms with van der Waals surface area (Å²) in [6.45, 7) is 0.801. The lowest BCUT2D eigenvalue weighted by molar-refractivity contribution is -0.396. The van der Waals surface area contributed by atoms with Crippen molar-refractivity contribution in [2.24, 2.45) is 0 Å². The molecule has 0 N–H and O–H groups in total. The number of nitro benzene ring substituents is 2. The molecular formula is C14H15N3O6S. The summed E-state index contributed by atoms with van der Waals surface area (Å²) in [5, 5.41) is 23.7. The van der Waals surface area contributed by atoms with Crippen LogP contribution in [0.25, 0.3) is 0 Å². The van der Waals surface area contributed by atoms with Crippen LogP contribution < -0.4 is 0 Å². The summed E-state index contributed by atoms with van der Waals surface area (Å²) in [5.74, 6) is 0.527. The molecule has 3 rings (SSSR count). The summed E-state index contributed by atoms with van der Waals surface area (Å²) in [5.41, 5.74) is -0.922.